The molecule has 1 nitrogen and oxygen atoms in total. The molecule has 0 saturated heterocycles. The second kappa shape index (κ2) is 4.63. The average molecular weight is 233 g/mol. The molecule has 0 fully saturated rings. The first kappa shape index (κ1) is 11.7. The van der Waals surface area contributed by atoms with Crippen molar-refractivity contribution in [2.45, 2.75) is 13.5 Å². The Morgan fingerprint density at radius 1 is 1.00 bits per heavy atom. The number of halogens is 2. The van der Waals surface area contributed by atoms with E-state index in [1.165, 1.54) is 18.2 Å². The van der Waals surface area contributed by atoms with Crippen molar-refractivity contribution in [3.8, 4) is 11.1 Å². The number of aryl methyl sites for hydroxylation is 1. The third-order valence-electron chi connectivity index (χ3n) is 2.75. The number of hydrogen-bond donors (Lipinski definition) is 1. The zero-order valence-electron chi connectivity index (χ0n) is 9.50. The highest BCUT2D eigenvalue weighted by Gasteiger charge is 2.09. The van der Waals surface area contributed by atoms with Gasteiger partial charge < -0.3 is 5.73 Å². The largest absolute Gasteiger partial charge is 0.326 e. The molecule has 0 radical (unpaired) electrons. The van der Waals surface area contributed by atoms with Crippen LogP contribution in [0.1, 0.15) is 11.1 Å². The molecule has 0 saturated carbocycles. The molecule has 2 aromatic rings. The van der Waals surface area contributed by atoms with Crippen molar-refractivity contribution < 1.29 is 8.78 Å². The van der Waals surface area contributed by atoms with E-state index in [-0.39, 0.29) is 11.6 Å². The van der Waals surface area contributed by atoms with Crippen LogP contribution in [0.2, 0.25) is 0 Å². The van der Waals surface area contributed by atoms with E-state index in [1.807, 2.05) is 0 Å². The first-order valence-corrected chi connectivity index (χ1v) is 5.37. The zero-order valence-corrected chi connectivity index (χ0v) is 9.50. The summed E-state index contributed by atoms with van der Waals surface area (Å²) >= 11 is 0. The van der Waals surface area contributed by atoms with Gasteiger partial charge in [0.05, 0.1) is 0 Å². The van der Waals surface area contributed by atoms with E-state index < -0.39 is 0 Å². The van der Waals surface area contributed by atoms with Crippen molar-refractivity contribution >= 4 is 0 Å². The molecule has 0 aromatic heterocycles. The minimum Gasteiger partial charge on any atom is -0.326 e. The molecular weight excluding hydrogens is 220 g/mol. The smallest absolute Gasteiger partial charge is 0.131 e. The Bertz CT molecular complexity index is 550. The van der Waals surface area contributed by atoms with E-state index in [2.05, 4.69) is 0 Å². The molecule has 2 N–H and O–H groups in total. The van der Waals surface area contributed by atoms with Gasteiger partial charge in [0.25, 0.3) is 0 Å². The van der Waals surface area contributed by atoms with E-state index in [9.17, 15) is 8.78 Å². The predicted molar refractivity (Wildman–Crippen MR) is 64.4 cm³/mol. The molecule has 3 heteroatoms. The van der Waals surface area contributed by atoms with Crippen molar-refractivity contribution in [3.63, 3.8) is 0 Å². The molecule has 2 aromatic carbocycles. The standard InChI is InChI=1S/C14H13F2N/c1-9-6-11(15)3-4-12(9)13-7-10(8-17)2-5-14(13)16/h2-7H,8,17H2,1H3. The fourth-order valence-electron chi connectivity index (χ4n) is 1.84. The number of nitrogens with two attached hydrogens (primary N) is 1. The highest BCUT2D eigenvalue weighted by molar-refractivity contribution is 5.68. The van der Waals surface area contributed by atoms with Gasteiger partial charge in [-0.15, -0.1) is 0 Å². The van der Waals surface area contributed by atoms with Crippen molar-refractivity contribution in [1.82, 2.24) is 0 Å². The molecule has 0 heterocycles. The first-order valence-electron chi connectivity index (χ1n) is 5.37. The Labute approximate surface area is 98.9 Å². The fraction of sp³-hybridized carbons (Fsp3) is 0.143. The summed E-state index contributed by atoms with van der Waals surface area (Å²) in [7, 11) is 0. The van der Waals surface area contributed by atoms with Gasteiger partial charge in [-0.05, 0) is 47.9 Å². The molecule has 88 valence electrons. The van der Waals surface area contributed by atoms with Crippen LogP contribution in [0.25, 0.3) is 11.1 Å². The Balaban J connectivity index is 2.59. The highest BCUT2D eigenvalue weighted by Crippen LogP contribution is 2.27. The molecule has 0 atom stereocenters. The third kappa shape index (κ3) is 2.34. The van der Waals surface area contributed by atoms with E-state index in [1.54, 1.807) is 25.1 Å². The van der Waals surface area contributed by atoms with E-state index in [4.69, 9.17) is 5.73 Å². The fourth-order valence-corrected chi connectivity index (χ4v) is 1.84. The van der Waals surface area contributed by atoms with E-state index >= 15 is 0 Å². The van der Waals surface area contributed by atoms with Crippen LogP contribution in [-0.4, -0.2) is 0 Å². The second-order valence-electron chi connectivity index (χ2n) is 3.98. The summed E-state index contributed by atoms with van der Waals surface area (Å²) in [5, 5.41) is 0. The predicted octanol–water partition coefficient (Wildman–Crippen LogP) is 3.40. The summed E-state index contributed by atoms with van der Waals surface area (Å²) in [6.45, 7) is 2.11. The maximum absolute atomic E-state index is 13.7. The van der Waals surface area contributed by atoms with Gasteiger partial charge >= 0.3 is 0 Å². The summed E-state index contributed by atoms with van der Waals surface area (Å²) in [6.07, 6.45) is 0. The lowest BCUT2D eigenvalue weighted by Crippen LogP contribution is -1.98. The van der Waals surface area contributed by atoms with E-state index in [0.717, 1.165) is 5.56 Å². The van der Waals surface area contributed by atoms with Crippen molar-refractivity contribution in [3.05, 3.63) is 59.2 Å². The minimum absolute atomic E-state index is 0.318. The van der Waals surface area contributed by atoms with Gasteiger partial charge in [0.2, 0.25) is 0 Å². The number of rotatable bonds is 2. The SMILES string of the molecule is Cc1cc(F)ccc1-c1cc(CN)ccc1F. The normalized spacial score (nSPS) is 10.6. The maximum Gasteiger partial charge on any atom is 0.131 e. The molecule has 2 rings (SSSR count). The van der Waals surface area contributed by atoms with Crippen LogP contribution in [0, 0.1) is 18.6 Å². The van der Waals surface area contributed by atoms with Crippen LogP contribution in [-0.2, 0) is 6.54 Å². The average Bonchev–Trinajstić information content (AvgIpc) is 2.30. The Morgan fingerprint density at radius 3 is 2.41 bits per heavy atom. The summed E-state index contributed by atoms with van der Waals surface area (Å²) in [4.78, 5) is 0. The van der Waals surface area contributed by atoms with Crippen LogP contribution in [0.3, 0.4) is 0 Å². The van der Waals surface area contributed by atoms with Crippen molar-refractivity contribution in [2.75, 3.05) is 0 Å². The van der Waals surface area contributed by atoms with Crippen molar-refractivity contribution in [2.24, 2.45) is 5.73 Å². The lowest BCUT2D eigenvalue weighted by atomic mass is 9.98. The van der Waals surface area contributed by atoms with Gasteiger partial charge in [0, 0.05) is 12.1 Å². The molecule has 0 bridgehead atoms. The zero-order chi connectivity index (χ0) is 12.4. The number of benzene rings is 2. The summed E-state index contributed by atoms with van der Waals surface area (Å²) in [5.41, 5.74) is 8.24. The Morgan fingerprint density at radius 2 is 1.76 bits per heavy atom. The quantitative estimate of drug-likeness (QED) is 0.845. The second-order valence-corrected chi connectivity index (χ2v) is 3.98. The van der Waals surface area contributed by atoms with Gasteiger partial charge in [-0.1, -0.05) is 12.1 Å². The molecule has 0 aliphatic rings. The summed E-state index contributed by atoms with van der Waals surface area (Å²) in [5.74, 6) is -0.640. The van der Waals surface area contributed by atoms with Crippen LogP contribution in [0.4, 0.5) is 8.78 Å². The van der Waals surface area contributed by atoms with Gasteiger partial charge in [0.1, 0.15) is 11.6 Å². The van der Waals surface area contributed by atoms with Gasteiger partial charge in [-0.25, -0.2) is 8.78 Å². The Hall–Kier alpha value is -1.74. The van der Waals surface area contributed by atoms with E-state index in [0.29, 0.717) is 23.2 Å². The summed E-state index contributed by atoms with van der Waals surface area (Å²) in [6, 6.07) is 9.05. The third-order valence-corrected chi connectivity index (χ3v) is 2.75. The molecule has 0 aliphatic heterocycles. The lowest BCUT2D eigenvalue weighted by molar-refractivity contribution is 0.624. The molecule has 0 spiro atoms. The van der Waals surface area contributed by atoms with Crippen LogP contribution >= 0.6 is 0 Å². The molecule has 0 unspecified atom stereocenters. The molecule has 0 amide bonds. The first-order chi connectivity index (χ1) is 8.11. The number of hydrogen-bond acceptors (Lipinski definition) is 1. The summed E-state index contributed by atoms with van der Waals surface area (Å²) < 4.78 is 26.7. The van der Waals surface area contributed by atoms with Crippen LogP contribution < -0.4 is 5.73 Å². The van der Waals surface area contributed by atoms with Crippen molar-refractivity contribution in [1.29, 1.82) is 0 Å². The molecule has 17 heavy (non-hydrogen) atoms. The molecule has 0 aliphatic carbocycles. The minimum atomic E-state index is -0.322. The van der Waals surface area contributed by atoms with Gasteiger partial charge in [-0.2, -0.15) is 0 Å². The maximum atomic E-state index is 13.7. The highest BCUT2D eigenvalue weighted by atomic mass is 19.1. The topological polar surface area (TPSA) is 26.0 Å². The van der Waals surface area contributed by atoms with Crippen LogP contribution in [0.15, 0.2) is 36.4 Å². The molecular formula is C14H13F2N. The lowest BCUT2D eigenvalue weighted by Gasteiger charge is -2.09. The van der Waals surface area contributed by atoms with Gasteiger partial charge in [0.15, 0.2) is 0 Å². The van der Waals surface area contributed by atoms with Gasteiger partial charge in [-0.3, -0.25) is 0 Å². The Kier molecular flexibility index (Phi) is 3.20. The van der Waals surface area contributed by atoms with Crippen LogP contribution in [0.5, 0.6) is 0 Å². The monoisotopic (exact) mass is 233 g/mol.